The molecule has 9 nitrogen and oxygen atoms in total. The number of carbonyl (C=O) groups excluding carboxylic acids is 1. The Labute approximate surface area is 151 Å². The Balaban J connectivity index is 4.31. The fraction of sp³-hybridized carbons (Fsp3) is 0.933. The molecule has 0 saturated carbocycles. The van der Waals surface area contributed by atoms with Gasteiger partial charge in [-0.3, -0.25) is 4.84 Å². The summed E-state index contributed by atoms with van der Waals surface area (Å²) in [5.41, 5.74) is 5.34. The summed E-state index contributed by atoms with van der Waals surface area (Å²) in [7, 11) is -1.12. The summed E-state index contributed by atoms with van der Waals surface area (Å²) < 4.78 is 27.5. The summed E-state index contributed by atoms with van der Waals surface area (Å²) in [5.74, 6) is 0. The van der Waals surface area contributed by atoms with Gasteiger partial charge >= 0.3 is 14.8 Å². The molecule has 25 heavy (non-hydrogen) atoms. The van der Waals surface area contributed by atoms with Gasteiger partial charge in [-0.05, 0) is 27.2 Å². The zero-order valence-electron chi connectivity index (χ0n) is 16.0. The molecule has 0 bridgehead atoms. The van der Waals surface area contributed by atoms with Crippen LogP contribution >= 0.6 is 0 Å². The molecule has 2 amide bonds. The van der Waals surface area contributed by atoms with Gasteiger partial charge in [-0.15, -0.1) is 0 Å². The van der Waals surface area contributed by atoms with E-state index in [0.717, 1.165) is 5.06 Å². The maximum absolute atomic E-state index is 11.5. The van der Waals surface area contributed by atoms with Crippen molar-refractivity contribution < 1.29 is 32.4 Å². The van der Waals surface area contributed by atoms with Crippen molar-refractivity contribution in [3.8, 4) is 0 Å². The van der Waals surface area contributed by atoms with E-state index in [9.17, 15) is 4.79 Å². The molecule has 0 aliphatic rings. The minimum Gasteiger partial charge on any atom is -0.382 e. The fourth-order valence-electron chi connectivity index (χ4n) is 2.13. The van der Waals surface area contributed by atoms with E-state index < -0.39 is 14.8 Å². The first-order valence-corrected chi connectivity index (χ1v) is 10.7. The van der Waals surface area contributed by atoms with E-state index in [2.05, 4.69) is 0 Å². The number of hydroxylamine groups is 2. The highest BCUT2D eigenvalue weighted by molar-refractivity contribution is 6.60. The molecule has 0 saturated heterocycles. The molecule has 0 radical (unpaired) electrons. The summed E-state index contributed by atoms with van der Waals surface area (Å²) >= 11 is 0. The number of hydrogen-bond donors (Lipinski definition) is 1. The Kier molecular flexibility index (Phi) is 15.0. The van der Waals surface area contributed by atoms with E-state index in [4.69, 9.17) is 33.3 Å². The van der Waals surface area contributed by atoms with Crippen molar-refractivity contribution in [3.05, 3.63) is 0 Å². The lowest BCUT2D eigenvalue weighted by molar-refractivity contribution is -0.130. The van der Waals surface area contributed by atoms with Crippen LogP contribution in [-0.4, -0.2) is 79.8 Å². The molecule has 0 aromatic rings. The first kappa shape index (κ1) is 24.2. The molecule has 0 aromatic carbocycles. The Morgan fingerprint density at radius 2 is 1.52 bits per heavy atom. The Hall–Kier alpha value is -0.753. The van der Waals surface area contributed by atoms with E-state index in [1.165, 1.54) is 0 Å². The minimum absolute atomic E-state index is 0.234. The van der Waals surface area contributed by atoms with Gasteiger partial charge in [-0.1, -0.05) is 0 Å². The summed E-state index contributed by atoms with van der Waals surface area (Å²) in [6.45, 7) is 9.16. The van der Waals surface area contributed by atoms with Gasteiger partial charge in [0.25, 0.3) is 0 Å². The van der Waals surface area contributed by atoms with Crippen LogP contribution in [0.25, 0.3) is 0 Å². The summed E-state index contributed by atoms with van der Waals surface area (Å²) in [5, 5.41) is 1.13. The highest BCUT2D eigenvalue weighted by Crippen LogP contribution is 2.18. The largest absolute Gasteiger partial charge is 0.500 e. The van der Waals surface area contributed by atoms with Gasteiger partial charge in [0.1, 0.15) is 0 Å². The van der Waals surface area contributed by atoms with E-state index in [0.29, 0.717) is 58.7 Å². The third-order valence-corrected chi connectivity index (χ3v) is 6.24. The number of amides is 2. The Bertz CT molecular complexity index is 320. The number of methoxy groups -OCH3 is 1. The second-order valence-corrected chi connectivity index (χ2v) is 7.70. The SMILES string of the molecule is CCO[Si](CCCN(OCCOCCOC)C(N)=O)(OCC)OCC. The molecule has 0 heterocycles. The number of hydrogen-bond acceptors (Lipinski definition) is 7. The van der Waals surface area contributed by atoms with Crippen LogP contribution in [0.2, 0.25) is 6.04 Å². The van der Waals surface area contributed by atoms with Crippen molar-refractivity contribution in [3.63, 3.8) is 0 Å². The van der Waals surface area contributed by atoms with Gasteiger partial charge in [-0.2, -0.15) is 0 Å². The summed E-state index contributed by atoms with van der Waals surface area (Å²) in [4.78, 5) is 16.8. The number of nitrogens with zero attached hydrogens (tertiary/aromatic N) is 1. The highest BCUT2D eigenvalue weighted by atomic mass is 28.4. The monoisotopic (exact) mass is 382 g/mol. The van der Waals surface area contributed by atoms with Crippen molar-refractivity contribution in [1.29, 1.82) is 0 Å². The molecule has 2 N–H and O–H groups in total. The third kappa shape index (κ3) is 11.5. The van der Waals surface area contributed by atoms with Crippen molar-refractivity contribution >= 4 is 14.8 Å². The predicted molar refractivity (Wildman–Crippen MR) is 95.0 cm³/mol. The van der Waals surface area contributed by atoms with Crippen LogP contribution in [0.3, 0.4) is 0 Å². The Morgan fingerprint density at radius 1 is 0.960 bits per heavy atom. The molecule has 150 valence electrons. The average molecular weight is 383 g/mol. The molecular weight excluding hydrogens is 348 g/mol. The van der Waals surface area contributed by atoms with Crippen molar-refractivity contribution in [1.82, 2.24) is 5.06 Å². The normalized spacial score (nSPS) is 11.7. The van der Waals surface area contributed by atoms with Gasteiger partial charge < -0.3 is 28.5 Å². The van der Waals surface area contributed by atoms with E-state index >= 15 is 0 Å². The van der Waals surface area contributed by atoms with E-state index in [1.807, 2.05) is 20.8 Å². The molecule has 0 rings (SSSR count). The third-order valence-electron chi connectivity index (χ3n) is 3.09. The lowest BCUT2D eigenvalue weighted by Crippen LogP contribution is -2.47. The minimum atomic E-state index is -2.72. The Morgan fingerprint density at radius 3 is 2.00 bits per heavy atom. The molecule has 0 aromatic heterocycles. The summed E-state index contributed by atoms with van der Waals surface area (Å²) in [6, 6.07) is -0.0617. The first-order valence-electron chi connectivity index (χ1n) is 8.73. The van der Waals surface area contributed by atoms with Gasteiger partial charge in [0.2, 0.25) is 0 Å². The topological polar surface area (TPSA) is 102 Å². The number of primary amides is 1. The first-order chi connectivity index (χ1) is 12.0. The number of rotatable bonds is 17. The smallest absolute Gasteiger partial charge is 0.382 e. The van der Waals surface area contributed by atoms with Crippen LogP contribution in [0.15, 0.2) is 0 Å². The van der Waals surface area contributed by atoms with Crippen LogP contribution in [0.4, 0.5) is 4.79 Å². The lowest BCUT2D eigenvalue weighted by Gasteiger charge is -2.29. The van der Waals surface area contributed by atoms with Gasteiger partial charge in [0, 0.05) is 33.0 Å². The van der Waals surface area contributed by atoms with Crippen LogP contribution in [0.5, 0.6) is 0 Å². The predicted octanol–water partition coefficient (Wildman–Crippen LogP) is 1.40. The number of carbonyl (C=O) groups is 1. The van der Waals surface area contributed by atoms with Crippen molar-refractivity contribution in [2.24, 2.45) is 5.73 Å². The molecular formula is C15H34N2O7Si. The zero-order valence-corrected chi connectivity index (χ0v) is 17.0. The number of urea groups is 1. The van der Waals surface area contributed by atoms with E-state index in [-0.39, 0.29) is 6.61 Å². The van der Waals surface area contributed by atoms with Crippen LogP contribution in [0.1, 0.15) is 27.2 Å². The maximum Gasteiger partial charge on any atom is 0.500 e. The fourth-order valence-corrected chi connectivity index (χ4v) is 4.72. The average Bonchev–Trinajstić information content (AvgIpc) is 2.57. The number of nitrogens with two attached hydrogens (primary N) is 1. The molecule has 0 spiro atoms. The molecule has 0 aliphatic carbocycles. The van der Waals surface area contributed by atoms with Crippen LogP contribution in [0, 0.1) is 0 Å². The zero-order chi connectivity index (χ0) is 19.0. The van der Waals surface area contributed by atoms with Gasteiger partial charge in [0.05, 0.1) is 33.0 Å². The van der Waals surface area contributed by atoms with Crippen LogP contribution in [-0.2, 0) is 27.6 Å². The van der Waals surface area contributed by atoms with Gasteiger partial charge in [0.15, 0.2) is 0 Å². The second-order valence-electron chi connectivity index (χ2n) is 4.96. The molecule has 0 atom stereocenters. The quantitative estimate of drug-likeness (QED) is 0.230. The highest BCUT2D eigenvalue weighted by Gasteiger charge is 2.39. The molecule has 0 unspecified atom stereocenters. The van der Waals surface area contributed by atoms with Crippen molar-refractivity contribution in [2.75, 3.05) is 59.9 Å². The molecule has 0 aliphatic heterocycles. The lowest BCUT2D eigenvalue weighted by atomic mass is 10.5. The maximum atomic E-state index is 11.5. The molecule has 0 fully saturated rings. The van der Waals surface area contributed by atoms with Gasteiger partial charge in [-0.25, -0.2) is 9.86 Å². The summed E-state index contributed by atoms with van der Waals surface area (Å²) in [6.07, 6.45) is 0.597. The van der Waals surface area contributed by atoms with Crippen molar-refractivity contribution in [2.45, 2.75) is 33.2 Å². The number of ether oxygens (including phenoxy) is 2. The molecule has 10 heteroatoms. The van der Waals surface area contributed by atoms with E-state index in [1.54, 1.807) is 7.11 Å². The second kappa shape index (κ2) is 15.5. The van der Waals surface area contributed by atoms with Crippen LogP contribution < -0.4 is 5.73 Å². The standard InChI is InChI=1S/C15H34N2O7Si/c1-5-22-25(23-6-2,24-7-3)14-8-9-17(15(16)18)21-13-12-20-11-10-19-4/h5-14H2,1-4H3,(H2,16,18).